The van der Waals surface area contributed by atoms with Crippen LogP contribution in [0.4, 0.5) is 8.78 Å². The summed E-state index contributed by atoms with van der Waals surface area (Å²) in [5, 5.41) is 1.35. The number of nitrogens with zero attached hydrogens (tertiary/aromatic N) is 1. The number of fused-ring (bicyclic) bond motifs is 1. The lowest BCUT2D eigenvalue weighted by Gasteiger charge is -2.39. The van der Waals surface area contributed by atoms with Crippen LogP contribution in [0.3, 0.4) is 0 Å². The monoisotopic (exact) mass is 391 g/mol. The average molecular weight is 391 g/mol. The SMILES string of the molecule is O=C1OC2CC(c3cc(F)ccc3Sc3cccc(F)c3)CCN2OC1=O. The number of ether oxygens (including phenoxy) is 1. The molecule has 2 atom stereocenters. The van der Waals surface area contributed by atoms with Gasteiger partial charge in [-0.05, 0) is 54.3 Å². The Morgan fingerprint density at radius 3 is 2.67 bits per heavy atom. The molecule has 0 aromatic heterocycles. The van der Waals surface area contributed by atoms with Gasteiger partial charge < -0.3 is 9.57 Å². The van der Waals surface area contributed by atoms with Crippen LogP contribution in [0.2, 0.25) is 0 Å². The minimum absolute atomic E-state index is 0.0948. The van der Waals surface area contributed by atoms with E-state index in [0.717, 1.165) is 10.5 Å². The zero-order valence-electron chi connectivity index (χ0n) is 14.1. The Kier molecular flexibility index (Phi) is 4.84. The quantitative estimate of drug-likeness (QED) is 0.588. The van der Waals surface area contributed by atoms with Crippen molar-refractivity contribution in [3.05, 3.63) is 59.7 Å². The first-order valence-electron chi connectivity index (χ1n) is 8.42. The highest BCUT2D eigenvalue weighted by molar-refractivity contribution is 7.99. The van der Waals surface area contributed by atoms with E-state index in [2.05, 4.69) is 0 Å². The first-order valence-corrected chi connectivity index (χ1v) is 9.23. The Morgan fingerprint density at radius 1 is 1.04 bits per heavy atom. The van der Waals surface area contributed by atoms with E-state index in [1.807, 2.05) is 0 Å². The molecule has 2 aliphatic rings. The fraction of sp³-hybridized carbons (Fsp3) is 0.263. The van der Waals surface area contributed by atoms with Crippen molar-refractivity contribution in [2.45, 2.75) is 34.8 Å². The Hall–Kier alpha value is -2.45. The van der Waals surface area contributed by atoms with Crippen molar-refractivity contribution < 1.29 is 27.9 Å². The molecule has 2 aromatic rings. The third-order valence-corrected chi connectivity index (χ3v) is 5.63. The van der Waals surface area contributed by atoms with E-state index in [9.17, 15) is 18.4 Å². The molecule has 2 saturated heterocycles. The van der Waals surface area contributed by atoms with Crippen LogP contribution >= 0.6 is 11.8 Å². The van der Waals surface area contributed by atoms with Gasteiger partial charge in [0.15, 0.2) is 6.23 Å². The van der Waals surface area contributed by atoms with Gasteiger partial charge in [0.1, 0.15) is 11.6 Å². The second-order valence-electron chi connectivity index (χ2n) is 6.34. The zero-order chi connectivity index (χ0) is 19.0. The van der Waals surface area contributed by atoms with Crippen LogP contribution in [0.5, 0.6) is 0 Å². The number of hydrogen-bond acceptors (Lipinski definition) is 6. The molecule has 8 heteroatoms. The van der Waals surface area contributed by atoms with E-state index >= 15 is 0 Å². The summed E-state index contributed by atoms with van der Waals surface area (Å²) in [6.45, 7) is 0.370. The number of piperidine rings is 1. The smallest absolute Gasteiger partial charge is 0.435 e. The molecule has 2 heterocycles. The summed E-state index contributed by atoms with van der Waals surface area (Å²) < 4.78 is 32.5. The molecule has 2 aliphatic heterocycles. The van der Waals surface area contributed by atoms with Gasteiger partial charge in [-0.3, -0.25) is 0 Å². The molecule has 2 unspecified atom stereocenters. The van der Waals surface area contributed by atoms with E-state index in [0.29, 0.717) is 24.3 Å². The van der Waals surface area contributed by atoms with Crippen LogP contribution in [0, 0.1) is 11.6 Å². The van der Waals surface area contributed by atoms with Crippen LogP contribution in [0.25, 0.3) is 0 Å². The van der Waals surface area contributed by atoms with Gasteiger partial charge in [0, 0.05) is 22.8 Å². The predicted octanol–water partition coefficient (Wildman–Crippen LogP) is 3.64. The number of carbonyl (C=O) groups is 2. The maximum absolute atomic E-state index is 13.9. The standard InChI is InChI=1S/C19H15F2NO4S/c20-12-2-1-3-14(9-12)27-16-5-4-13(21)10-15(16)11-6-7-22-17(8-11)25-18(23)19(24)26-22/h1-5,9-11,17H,6-8H2. The van der Waals surface area contributed by atoms with Crippen molar-refractivity contribution >= 4 is 23.7 Å². The summed E-state index contributed by atoms with van der Waals surface area (Å²) in [5.74, 6) is -2.86. The molecule has 0 amide bonds. The first kappa shape index (κ1) is 17.9. The number of rotatable bonds is 3. The molecular weight excluding hydrogens is 376 g/mol. The van der Waals surface area contributed by atoms with Gasteiger partial charge in [-0.1, -0.05) is 22.9 Å². The number of carbonyl (C=O) groups excluding carboxylic acids is 2. The number of hydrogen-bond donors (Lipinski definition) is 0. The average Bonchev–Trinajstić information content (AvgIpc) is 2.64. The third-order valence-electron chi connectivity index (χ3n) is 4.55. The minimum atomic E-state index is -1.03. The Bertz CT molecular complexity index is 907. The minimum Gasteiger partial charge on any atom is -0.435 e. The van der Waals surface area contributed by atoms with Crippen molar-refractivity contribution in [2.24, 2.45) is 0 Å². The highest BCUT2D eigenvalue weighted by atomic mass is 32.2. The van der Waals surface area contributed by atoms with Crippen molar-refractivity contribution in [1.29, 1.82) is 0 Å². The van der Waals surface area contributed by atoms with Crippen molar-refractivity contribution in [3.8, 4) is 0 Å². The van der Waals surface area contributed by atoms with Crippen LogP contribution < -0.4 is 0 Å². The maximum atomic E-state index is 13.9. The second-order valence-corrected chi connectivity index (χ2v) is 7.46. The molecule has 2 aromatic carbocycles. The fourth-order valence-electron chi connectivity index (χ4n) is 3.30. The zero-order valence-corrected chi connectivity index (χ0v) is 14.9. The number of halogens is 2. The topological polar surface area (TPSA) is 55.8 Å². The lowest BCUT2D eigenvalue weighted by molar-refractivity contribution is -0.275. The number of benzene rings is 2. The molecule has 4 rings (SSSR count). The lowest BCUT2D eigenvalue weighted by atomic mass is 9.89. The Labute approximate surface area is 158 Å². The van der Waals surface area contributed by atoms with E-state index in [1.54, 1.807) is 18.2 Å². The second kappa shape index (κ2) is 7.28. The van der Waals surface area contributed by atoms with Crippen molar-refractivity contribution in [2.75, 3.05) is 6.54 Å². The molecule has 0 N–H and O–H groups in total. The van der Waals surface area contributed by atoms with E-state index < -0.39 is 18.2 Å². The fourth-order valence-corrected chi connectivity index (χ4v) is 4.36. The van der Waals surface area contributed by atoms with Crippen molar-refractivity contribution in [1.82, 2.24) is 5.06 Å². The van der Waals surface area contributed by atoms with Gasteiger partial charge >= 0.3 is 11.9 Å². The molecule has 27 heavy (non-hydrogen) atoms. The van der Waals surface area contributed by atoms with E-state index in [1.165, 1.54) is 41.1 Å². The molecule has 0 aliphatic carbocycles. The highest BCUT2D eigenvalue weighted by Crippen LogP contribution is 2.40. The molecule has 0 spiro atoms. The molecule has 0 bridgehead atoms. The van der Waals surface area contributed by atoms with E-state index in [4.69, 9.17) is 9.57 Å². The summed E-state index contributed by atoms with van der Waals surface area (Å²) in [6.07, 6.45) is 0.282. The largest absolute Gasteiger partial charge is 0.436 e. The Morgan fingerprint density at radius 2 is 1.85 bits per heavy atom. The predicted molar refractivity (Wildman–Crippen MR) is 91.6 cm³/mol. The first-order chi connectivity index (χ1) is 13.0. The van der Waals surface area contributed by atoms with Gasteiger partial charge in [0.05, 0.1) is 0 Å². The molecule has 140 valence electrons. The van der Waals surface area contributed by atoms with Crippen LogP contribution in [-0.2, 0) is 19.2 Å². The van der Waals surface area contributed by atoms with Gasteiger partial charge in [0.25, 0.3) is 0 Å². The van der Waals surface area contributed by atoms with Gasteiger partial charge in [-0.25, -0.2) is 18.4 Å². The molecule has 0 radical (unpaired) electrons. The summed E-state index contributed by atoms with van der Waals surface area (Å²) in [7, 11) is 0. The van der Waals surface area contributed by atoms with Crippen LogP contribution in [0.15, 0.2) is 52.3 Å². The summed E-state index contributed by atoms with van der Waals surface area (Å²) >= 11 is 1.35. The van der Waals surface area contributed by atoms with Crippen LogP contribution in [-0.4, -0.2) is 29.8 Å². The normalized spacial score (nSPS) is 22.7. The highest BCUT2D eigenvalue weighted by Gasteiger charge is 2.41. The van der Waals surface area contributed by atoms with Gasteiger partial charge in [0.2, 0.25) is 0 Å². The van der Waals surface area contributed by atoms with Gasteiger partial charge in [-0.2, -0.15) is 0 Å². The molecule has 5 nitrogen and oxygen atoms in total. The van der Waals surface area contributed by atoms with Crippen molar-refractivity contribution in [3.63, 3.8) is 0 Å². The maximum Gasteiger partial charge on any atom is 0.436 e. The van der Waals surface area contributed by atoms with Crippen LogP contribution in [0.1, 0.15) is 24.3 Å². The summed E-state index contributed by atoms with van der Waals surface area (Å²) in [5.41, 5.74) is 0.761. The molecule has 0 saturated carbocycles. The molecule has 2 fully saturated rings. The van der Waals surface area contributed by atoms with Gasteiger partial charge in [-0.15, -0.1) is 0 Å². The number of esters is 1. The Balaban J connectivity index is 1.59. The summed E-state index contributed by atoms with van der Waals surface area (Å²) in [4.78, 5) is 29.2. The lowest BCUT2D eigenvalue weighted by Crippen LogP contribution is -2.51. The third kappa shape index (κ3) is 3.81. The van der Waals surface area contributed by atoms with E-state index in [-0.39, 0.29) is 17.6 Å². The molecular formula is C19H15F2NO4S. The number of hydroxylamine groups is 2. The summed E-state index contributed by atoms with van der Waals surface area (Å²) in [6, 6.07) is 10.7.